The highest BCUT2D eigenvalue weighted by molar-refractivity contribution is 7.47. The Hall–Kier alpha value is -2.06. The van der Waals surface area contributed by atoms with Crippen molar-refractivity contribution in [3.05, 3.63) is 72.9 Å². The van der Waals surface area contributed by atoms with Crippen molar-refractivity contribution >= 4 is 13.8 Å². The Labute approximate surface area is 351 Å². The van der Waals surface area contributed by atoms with Gasteiger partial charge in [-0.25, -0.2) is 4.57 Å². The molecule has 0 aromatic heterocycles. The number of esters is 1. The molecular formula is C48H87NO7P+. The van der Waals surface area contributed by atoms with E-state index in [2.05, 4.69) is 86.8 Å². The molecule has 0 fully saturated rings. The number of ether oxygens (including phenoxy) is 2. The summed E-state index contributed by atoms with van der Waals surface area (Å²) in [5.74, 6) is -0.330. The van der Waals surface area contributed by atoms with Crippen LogP contribution in [0.2, 0.25) is 0 Å². The number of allylic oxidation sites excluding steroid dienone is 12. The van der Waals surface area contributed by atoms with Gasteiger partial charge in [-0.1, -0.05) is 157 Å². The van der Waals surface area contributed by atoms with Gasteiger partial charge in [0.1, 0.15) is 19.3 Å². The minimum Gasteiger partial charge on any atom is -0.457 e. The number of quaternary nitrogens is 1. The molecule has 0 aliphatic carbocycles. The van der Waals surface area contributed by atoms with Gasteiger partial charge >= 0.3 is 13.8 Å². The van der Waals surface area contributed by atoms with Crippen LogP contribution in [0.3, 0.4) is 0 Å². The zero-order chi connectivity index (χ0) is 42.0. The Morgan fingerprint density at radius 3 is 1.54 bits per heavy atom. The molecule has 0 aliphatic rings. The first-order chi connectivity index (χ1) is 27.6. The molecule has 0 saturated carbocycles. The van der Waals surface area contributed by atoms with Crippen molar-refractivity contribution in [3.8, 4) is 0 Å². The highest BCUT2D eigenvalue weighted by atomic mass is 31.2. The molecule has 0 aliphatic heterocycles. The van der Waals surface area contributed by atoms with Crippen LogP contribution in [0.1, 0.15) is 168 Å². The maximum absolute atomic E-state index is 12.7. The molecule has 0 rings (SSSR count). The van der Waals surface area contributed by atoms with E-state index in [1.54, 1.807) is 0 Å². The topological polar surface area (TPSA) is 91.3 Å². The summed E-state index contributed by atoms with van der Waals surface area (Å²) < 4.78 is 35.0. The predicted octanol–water partition coefficient (Wildman–Crippen LogP) is 13.5. The predicted molar refractivity (Wildman–Crippen MR) is 242 cm³/mol. The van der Waals surface area contributed by atoms with Crippen molar-refractivity contribution in [1.82, 2.24) is 0 Å². The van der Waals surface area contributed by atoms with Gasteiger partial charge in [0.15, 0.2) is 0 Å². The SMILES string of the molecule is CC/C=C\C/C=C\C/C=C\C/C=C\C/C=C\CCCCCCCCCC(=O)OC(COCCCCCCCC/C=C\CCCC)COP(=O)(O)OCC[N+](C)(C)C. The quantitative estimate of drug-likeness (QED) is 0.0216. The fourth-order valence-corrected chi connectivity index (χ4v) is 6.48. The monoisotopic (exact) mass is 821 g/mol. The van der Waals surface area contributed by atoms with E-state index in [9.17, 15) is 14.3 Å². The largest absolute Gasteiger partial charge is 0.472 e. The molecule has 0 spiro atoms. The number of nitrogens with zero attached hydrogens (tertiary/aromatic N) is 1. The summed E-state index contributed by atoms with van der Waals surface area (Å²) in [4.78, 5) is 22.9. The van der Waals surface area contributed by atoms with E-state index >= 15 is 0 Å². The number of hydrogen-bond acceptors (Lipinski definition) is 6. The number of carbonyl (C=O) groups excluding carboxylic acids is 1. The summed E-state index contributed by atoms with van der Waals surface area (Å²) in [6.45, 7) is 5.43. The van der Waals surface area contributed by atoms with E-state index in [4.69, 9.17) is 18.5 Å². The van der Waals surface area contributed by atoms with E-state index in [1.807, 2.05) is 21.1 Å². The molecule has 2 atom stereocenters. The summed E-state index contributed by atoms with van der Waals surface area (Å²) in [6.07, 6.45) is 52.2. The fraction of sp³-hybridized carbons (Fsp3) is 0.729. The lowest BCUT2D eigenvalue weighted by atomic mass is 10.1. The maximum Gasteiger partial charge on any atom is 0.472 e. The Morgan fingerprint density at radius 1 is 0.561 bits per heavy atom. The number of carbonyl (C=O) groups is 1. The van der Waals surface area contributed by atoms with Crippen molar-refractivity contribution < 1.29 is 37.3 Å². The van der Waals surface area contributed by atoms with Gasteiger partial charge in [0.2, 0.25) is 0 Å². The molecule has 57 heavy (non-hydrogen) atoms. The Bertz CT molecular complexity index is 1140. The molecule has 330 valence electrons. The number of phosphoric acid groups is 1. The molecule has 2 unspecified atom stereocenters. The van der Waals surface area contributed by atoms with Gasteiger partial charge in [0.25, 0.3) is 0 Å². The first kappa shape index (κ1) is 54.9. The van der Waals surface area contributed by atoms with Crippen molar-refractivity contribution in [1.29, 1.82) is 0 Å². The summed E-state index contributed by atoms with van der Waals surface area (Å²) in [5, 5.41) is 0. The summed E-state index contributed by atoms with van der Waals surface area (Å²) >= 11 is 0. The van der Waals surface area contributed by atoms with Gasteiger partial charge in [0.05, 0.1) is 34.4 Å². The van der Waals surface area contributed by atoms with Gasteiger partial charge < -0.3 is 18.9 Å². The smallest absolute Gasteiger partial charge is 0.457 e. The Kier molecular flexibility index (Phi) is 39.2. The lowest BCUT2D eigenvalue weighted by Crippen LogP contribution is -2.37. The molecule has 8 nitrogen and oxygen atoms in total. The maximum atomic E-state index is 12.7. The molecule has 0 radical (unpaired) electrons. The van der Waals surface area contributed by atoms with E-state index in [1.165, 1.54) is 77.0 Å². The average Bonchev–Trinajstić information content (AvgIpc) is 3.16. The molecule has 0 aromatic rings. The highest BCUT2D eigenvalue weighted by Gasteiger charge is 2.26. The molecule has 0 saturated heterocycles. The molecule has 0 aromatic carbocycles. The zero-order valence-corrected chi connectivity index (χ0v) is 38.2. The Balaban J connectivity index is 4.22. The van der Waals surface area contributed by atoms with E-state index < -0.39 is 13.9 Å². The minimum absolute atomic E-state index is 0.0815. The number of likely N-dealkylation sites (N-methyl/N-ethyl adjacent to an activating group) is 1. The number of phosphoric ester groups is 1. The van der Waals surface area contributed by atoms with Crippen LogP contribution in [0, 0.1) is 0 Å². The van der Waals surface area contributed by atoms with Gasteiger partial charge in [-0.05, 0) is 77.0 Å². The third-order valence-corrected chi connectivity index (χ3v) is 10.2. The lowest BCUT2D eigenvalue weighted by molar-refractivity contribution is -0.870. The number of rotatable bonds is 41. The van der Waals surface area contributed by atoms with E-state index in [0.717, 1.165) is 70.6 Å². The molecule has 0 amide bonds. The van der Waals surface area contributed by atoms with Crippen LogP contribution in [-0.4, -0.2) is 75.6 Å². The third kappa shape index (κ3) is 44.9. The number of hydrogen-bond donors (Lipinski definition) is 1. The summed E-state index contributed by atoms with van der Waals surface area (Å²) in [5.41, 5.74) is 0. The molecular weight excluding hydrogens is 734 g/mol. The van der Waals surface area contributed by atoms with Crippen molar-refractivity contribution in [2.45, 2.75) is 174 Å². The van der Waals surface area contributed by atoms with Crippen LogP contribution in [0.4, 0.5) is 0 Å². The first-order valence-corrected chi connectivity index (χ1v) is 24.2. The van der Waals surface area contributed by atoms with Crippen LogP contribution in [0.5, 0.6) is 0 Å². The second-order valence-electron chi connectivity index (χ2n) is 16.0. The van der Waals surface area contributed by atoms with Gasteiger partial charge in [0, 0.05) is 13.0 Å². The first-order valence-electron chi connectivity index (χ1n) is 22.7. The van der Waals surface area contributed by atoms with Crippen LogP contribution >= 0.6 is 7.82 Å². The fourth-order valence-electron chi connectivity index (χ4n) is 5.74. The average molecular weight is 821 g/mol. The lowest BCUT2D eigenvalue weighted by Gasteiger charge is -2.24. The van der Waals surface area contributed by atoms with E-state index in [-0.39, 0.29) is 25.8 Å². The van der Waals surface area contributed by atoms with Gasteiger partial charge in [-0.3, -0.25) is 13.8 Å². The van der Waals surface area contributed by atoms with Gasteiger partial charge in [-0.2, -0.15) is 0 Å². The normalized spacial score (nSPS) is 14.4. The minimum atomic E-state index is -4.28. The second-order valence-corrected chi connectivity index (χ2v) is 17.5. The van der Waals surface area contributed by atoms with Crippen LogP contribution < -0.4 is 0 Å². The molecule has 1 N–H and O–H groups in total. The molecule has 9 heteroatoms. The third-order valence-electron chi connectivity index (χ3n) is 9.25. The summed E-state index contributed by atoms with van der Waals surface area (Å²) in [6, 6.07) is 0. The molecule has 0 bridgehead atoms. The second kappa shape index (κ2) is 40.7. The molecule has 0 heterocycles. The van der Waals surface area contributed by atoms with Crippen molar-refractivity contribution in [3.63, 3.8) is 0 Å². The van der Waals surface area contributed by atoms with Crippen LogP contribution in [-0.2, 0) is 27.9 Å². The number of unbranched alkanes of at least 4 members (excludes halogenated alkanes) is 15. The van der Waals surface area contributed by atoms with Crippen molar-refractivity contribution in [2.75, 3.05) is 54.1 Å². The zero-order valence-electron chi connectivity index (χ0n) is 37.3. The standard InChI is InChI=1S/C48H86NO7P/c1-6-8-10-12-14-16-18-20-21-22-23-24-25-26-27-28-29-30-31-33-35-37-39-41-48(50)56-47(46-55-57(51,52)54-44-42-49(3,4)5)45-53-43-40-38-36-34-32-19-17-15-13-11-9-7-2/h8,10,13-16,20-21,23-24,26-27,47H,6-7,9,11-12,17-19,22,25,28-46H2,1-5H3/p+1/b10-8-,15-13-,16-14-,21-20-,24-23-,27-26-. The Morgan fingerprint density at radius 2 is 1.02 bits per heavy atom. The summed E-state index contributed by atoms with van der Waals surface area (Å²) in [7, 11) is 1.64. The van der Waals surface area contributed by atoms with Crippen molar-refractivity contribution in [2.24, 2.45) is 0 Å². The highest BCUT2D eigenvalue weighted by Crippen LogP contribution is 2.43. The van der Waals surface area contributed by atoms with Gasteiger partial charge in [-0.15, -0.1) is 0 Å². The van der Waals surface area contributed by atoms with Crippen LogP contribution in [0.15, 0.2) is 72.9 Å². The van der Waals surface area contributed by atoms with Crippen LogP contribution in [0.25, 0.3) is 0 Å². The van der Waals surface area contributed by atoms with E-state index in [0.29, 0.717) is 24.1 Å².